The second-order valence-electron chi connectivity index (χ2n) is 4.80. The molecule has 0 bridgehead atoms. The largest absolute Gasteiger partial charge is 0.388 e. The molecule has 0 aliphatic rings. The number of anilines is 1. The van der Waals surface area contributed by atoms with Gasteiger partial charge in [0.25, 0.3) is 5.91 Å². The predicted octanol–water partition coefficient (Wildman–Crippen LogP) is 3.29. The average Bonchev–Trinajstić information content (AvgIpc) is 2.85. The van der Waals surface area contributed by atoms with Crippen LogP contribution in [0.4, 0.5) is 5.69 Å². The molecule has 5 heteroatoms. The third kappa shape index (κ3) is 3.17. The number of aryl methyl sites for hydroxylation is 2. The van der Waals surface area contributed by atoms with Crippen molar-refractivity contribution in [2.45, 2.75) is 26.8 Å². The van der Waals surface area contributed by atoms with Gasteiger partial charge < -0.3 is 10.6 Å². The smallest absolute Gasteiger partial charge is 0.251 e. The molecule has 2 N–H and O–H groups in total. The first-order chi connectivity index (χ1) is 9.51. The molecule has 0 aliphatic carbocycles. The number of hydrogen-bond acceptors (Lipinski definition) is 4. The molecule has 20 heavy (non-hydrogen) atoms. The van der Waals surface area contributed by atoms with Crippen LogP contribution < -0.4 is 10.6 Å². The maximum Gasteiger partial charge on any atom is 0.251 e. The molecule has 1 aromatic heterocycles. The molecule has 0 fully saturated rings. The minimum absolute atomic E-state index is 0.0730. The predicted molar refractivity (Wildman–Crippen MR) is 83.5 cm³/mol. The Bertz CT molecular complexity index is 621. The molecule has 2 aromatic rings. The number of carbonyl (C=O) groups excluding carboxylic acids is 1. The van der Waals surface area contributed by atoms with Crippen molar-refractivity contribution < 1.29 is 4.79 Å². The van der Waals surface area contributed by atoms with Crippen LogP contribution in [-0.4, -0.2) is 17.9 Å². The van der Waals surface area contributed by atoms with Crippen molar-refractivity contribution in [3.05, 3.63) is 45.4 Å². The quantitative estimate of drug-likeness (QED) is 0.908. The molecule has 106 valence electrons. The molecular weight excluding hydrogens is 270 g/mol. The van der Waals surface area contributed by atoms with Crippen molar-refractivity contribution in [1.29, 1.82) is 0 Å². The maximum atomic E-state index is 12.2. The van der Waals surface area contributed by atoms with E-state index in [2.05, 4.69) is 15.6 Å². The Kier molecular flexibility index (Phi) is 4.39. The molecule has 1 atom stereocenters. The van der Waals surface area contributed by atoms with E-state index in [0.29, 0.717) is 5.56 Å². The van der Waals surface area contributed by atoms with Gasteiger partial charge in [0.05, 0.1) is 6.04 Å². The molecule has 0 saturated heterocycles. The fourth-order valence-corrected chi connectivity index (χ4v) is 2.80. The van der Waals surface area contributed by atoms with Crippen LogP contribution in [0, 0.1) is 13.8 Å². The number of aromatic nitrogens is 1. The number of nitrogens with one attached hydrogen (secondary N) is 2. The SMILES string of the molecule is CNc1ccc(C(=O)NC(C)c2nc(C)cs2)cc1C. The monoisotopic (exact) mass is 289 g/mol. The van der Waals surface area contributed by atoms with E-state index in [1.807, 2.05) is 51.4 Å². The van der Waals surface area contributed by atoms with Crippen molar-refractivity contribution in [2.24, 2.45) is 0 Å². The van der Waals surface area contributed by atoms with Gasteiger partial charge in [-0.05, 0) is 44.5 Å². The summed E-state index contributed by atoms with van der Waals surface area (Å²) >= 11 is 1.57. The van der Waals surface area contributed by atoms with Crippen LogP contribution in [0.1, 0.15) is 39.6 Å². The number of hydrogen-bond donors (Lipinski definition) is 2. The first-order valence-corrected chi connectivity index (χ1v) is 7.40. The van der Waals surface area contributed by atoms with Gasteiger partial charge in [-0.15, -0.1) is 11.3 Å². The van der Waals surface area contributed by atoms with E-state index in [1.54, 1.807) is 11.3 Å². The lowest BCUT2D eigenvalue weighted by molar-refractivity contribution is 0.0939. The zero-order valence-electron chi connectivity index (χ0n) is 12.2. The Morgan fingerprint density at radius 2 is 2.10 bits per heavy atom. The number of amides is 1. The average molecular weight is 289 g/mol. The standard InChI is InChI=1S/C15H19N3OS/c1-9-7-12(5-6-13(9)16-4)14(19)18-11(3)15-17-10(2)8-20-15/h5-8,11,16H,1-4H3,(H,18,19). The van der Waals surface area contributed by atoms with Crippen LogP contribution in [0.2, 0.25) is 0 Å². The zero-order chi connectivity index (χ0) is 14.7. The Balaban J connectivity index is 2.10. The maximum absolute atomic E-state index is 12.2. The number of thiazole rings is 1. The number of nitrogens with zero attached hydrogens (tertiary/aromatic N) is 1. The summed E-state index contributed by atoms with van der Waals surface area (Å²) in [5, 5.41) is 8.99. The lowest BCUT2D eigenvalue weighted by Crippen LogP contribution is -2.26. The molecule has 1 amide bonds. The van der Waals surface area contributed by atoms with Crippen molar-refractivity contribution >= 4 is 22.9 Å². The first kappa shape index (κ1) is 14.5. The summed E-state index contributed by atoms with van der Waals surface area (Å²) in [6.45, 7) is 5.88. The molecule has 1 aromatic carbocycles. The minimum atomic E-state index is -0.0783. The van der Waals surface area contributed by atoms with Gasteiger partial charge >= 0.3 is 0 Å². The van der Waals surface area contributed by atoms with Crippen LogP contribution in [0.5, 0.6) is 0 Å². The summed E-state index contributed by atoms with van der Waals surface area (Å²) in [5.74, 6) is -0.0730. The summed E-state index contributed by atoms with van der Waals surface area (Å²) in [7, 11) is 1.87. The van der Waals surface area contributed by atoms with Gasteiger partial charge in [-0.3, -0.25) is 4.79 Å². The van der Waals surface area contributed by atoms with Crippen molar-refractivity contribution in [3.63, 3.8) is 0 Å². The molecule has 0 aliphatic heterocycles. The highest BCUT2D eigenvalue weighted by atomic mass is 32.1. The lowest BCUT2D eigenvalue weighted by atomic mass is 10.1. The van der Waals surface area contributed by atoms with Crippen LogP contribution in [0.25, 0.3) is 0 Å². The Labute approximate surface area is 123 Å². The Morgan fingerprint density at radius 3 is 2.65 bits per heavy atom. The molecule has 4 nitrogen and oxygen atoms in total. The first-order valence-electron chi connectivity index (χ1n) is 6.52. The molecule has 2 rings (SSSR count). The molecule has 1 unspecified atom stereocenters. The van der Waals surface area contributed by atoms with E-state index in [0.717, 1.165) is 22.0 Å². The summed E-state index contributed by atoms with van der Waals surface area (Å²) < 4.78 is 0. The number of benzene rings is 1. The van der Waals surface area contributed by atoms with E-state index < -0.39 is 0 Å². The van der Waals surface area contributed by atoms with E-state index >= 15 is 0 Å². The van der Waals surface area contributed by atoms with E-state index in [9.17, 15) is 4.79 Å². The van der Waals surface area contributed by atoms with Gasteiger partial charge in [0.2, 0.25) is 0 Å². The van der Waals surface area contributed by atoms with E-state index in [4.69, 9.17) is 0 Å². The second-order valence-corrected chi connectivity index (χ2v) is 5.69. The third-order valence-electron chi connectivity index (χ3n) is 3.11. The summed E-state index contributed by atoms with van der Waals surface area (Å²) in [6, 6.07) is 5.56. The van der Waals surface area contributed by atoms with Gasteiger partial charge in [-0.25, -0.2) is 4.98 Å². The molecule has 0 radical (unpaired) electrons. The highest BCUT2D eigenvalue weighted by Gasteiger charge is 2.14. The Morgan fingerprint density at radius 1 is 1.35 bits per heavy atom. The fourth-order valence-electron chi connectivity index (χ4n) is 2.00. The Hall–Kier alpha value is -1.88. The summed E-state index contributed by atoms with van der Waals surface area (Å²) in [6.07, 6.45) is 0. The van der Waals surface area contributed by atoms with Crippen LogP contribution in [-0.2, 0) is 0 Å². The zero-order valence-corrected chi connectivity index (χ0v) is 13.0. The van der Waals surface area contributed by atoms with Crippen molar-refractivity contribution in [1.82, 2.24) is 10.3 Å². The lowest BCUT2D eigenvalue weighted by Gasteiger charge is -2.12. The van der Waals surface area contributed by atoms with E-state index in [-0.39, 0.29) is 11.9 Å². The fraction of sp³-hybridized carbons (Fsp3) is 0.333. The van der Waals surface area contributed by atoms with Crippen molar-refractivity contribution in [2.75, 3.05) is 12.4 Å². The number of rotatable bonds is 4. The molecule has 1 heterocycles. The van der Waals surface area contributed by atoms with Crippen LogP contribution in [0.15, 0.2) is 23.6 Å². The van der Waals surface area contributed by atoms with Gasteiger partial charge in [0.15, 0.2) is 0 Å². The second kappa shape index (κ2) is 6.05. The molecule has 0 saturated carbocycles. The summed E-state index contributed by atoms with van der Waals surface area (Å²) in [4.78, 5) is 16.6. The van der Waals surface area contributed by atoms with Gasteiger partial charge in [-0.2, -0.15) is 0 Å². The minimum Gasteiger partial charge on any atom is -0.388 e. The number of carbonyl (C=O) groups is 1. The molecular formula is C15H19N3OS. The van der Waals surface area contributed by atoms with Gasteiger partial charge in [0, 0.05) is 29.4 Å². The third-order valence-corrected chi connectivity index (χ3v) is 4.26. The highest BCUT2D eigenvalue weighted by Crippen LogP contribution is 2.19. The van der Waals surface area contributed by atoms with Crippen molar-refractivity contribution in [3.8, 4) is 0 Å². The molecule has 0 spiro atoms. The summed E-state index contributed by atoms with van der Waals surface area (Å²) in [5.41, 5.74) is 3.74. The van der Waals surface area contributed by atoms with Gasteiger partial charge in [0.1, 0.15) is 5.01 Å². The van der Waals surface area contributed by atoms with Crippen LogP contribution in [0.3, 0.4) is 0 Å². The highest BCUT2D eigenvalue weighted by molar-refractivity contribution is 7.09. The normalized spacial score (nSPS) is 12.0. The topological polar surface area (TPSA) is 54.0 Å². The van der Waals surface area contributed by atoms with E-state index in [1.165, 1.54) is 0 Å². The van der Waals surface area contributed by atoms with Crippen LogP contribution >= 0.6 is 11.3 Å². The van der Waals surface area contributed by atoms with Gasteiger partial charge in [-0.1, -0.05) is 0 Å².